The molecule has 2 aromatic rings. The molecule has 0 aliphatic carbocycles. The van der Waals surface area contributed by atoms with Crippen LogP contribution in [0.3, 0.4) is 0 Å². The molecule has 0 spiro atoms. The van der Waals surface area contributed by atoms with Gasteiger partial charge in [-0.2, -0.15) is 0 Å². The van der Waals surface area contributed by atoms with Crippen LogP contribution in [-0.2, 0) is 0 Å². The Balaban J connectivity index is 2.46. The van der Waals surface area contributed by atoms with Gasteiger partial charge in [0.15, 0.2) is 0 Å². The molecule has 0 bridgehead atoms. The molecule has 2 rings (SSSR count). The van der Waals surface area contributed by atoms with Gasteiger partial charge < -0.3 is 10.6 Å². The first-order valence-corrected chi connectivity index (χ1v) is 7.29. The molecule has 0 radical (unpaired) electrons. The minimum absolute atomic E-state index is 0.0234. The van der Waals surface area contributed by atoms with Gasteiger partial charge in [-0.15, -0.1) is 0 Å². The molecule has 0 heterocycles. The second-order valence-corrected chi connectivity index (χ2v) is 5.67. The van der Waals surface area contributed by atoms with E-state index < -0.39 is 0 Å². The molecule has 3 N–H and O–H groups in total. The van der Waals surface area contributed by atoms with Crippen LogP contribution < -0.4 is 10.6 Å². The molecule has 1 atom stereocenters. The lowest BCUT2D eigenvalue weighted by atomic mass is 10.0. The number of rotatable bonds is 4. The minimum Gasteiger partial charge on any atom is -0.384 e. The van der Waals surface area contributed by atoms with E-state index in [4.69, 9.17) is 34.3 Å². The molecule has 0 amide bonds. The number of nitrogens with two attached hydrogens (primary N) is 1. The van der Waals surface area contributed by atoms with Crippen molar-refractivity contribution in [2.75, 3.05) is 11.9 Å². The van der Waals surface area contributed by atoms with Gasteiger partial charge in [-0.3, -0.25) is 5.41 Å². The third-order valence-corrected chi connectivity index (χ3v) is 4.24. The molecule has 0 fully saturated rings. The van der Waals surface area contributed by atoms with E-state index in [1.165, 1.54) is 0 Å². The highest BCUT2D eigenvalue weighted by Gasteiger charge is 2.19. The van der Waals surface area contributed by atoms with Crippen LogP contribution in [0.15, 0.2) is 42.5 Å². The highest BCUT2D eigenvalue weighted by molar-refractivity contribution is 6.34. The fourth-order valence-corrected chi connectivity index (χ4v) is 2.87. The fraction of sp³-hybridized carbons (Fsp3) is 0.188. The first kappa shape index (κ1) is 15.7. The van der Waals surface area contributed by atoms with Gasteiger partial charge in [0.1, 0.15) is 5.84 Å². The van der Waals surface area contributed by atoms with E-state index in [1.807, 2.05) is 55.3 Å². The van der Waals surface area contributed by atoms with Gasteiger partial charge in [-0.05, 0) is 30.7 Å². The van der Waals surface area contributed by atoms with Crippen molar-refractivity contribution in [3.8, 4) is 0 Å². The summed E-state index contributed by atoms with van der Waals surface area (Å²) in [4.78, 5) is 2.02. The zero-order valence-electron chi connectivity index (χ0n) is 11.9. The molecule has 5 heteroatoms. The Labute approximate surface area is 134 Å². The van der Waals surface area contributed by atoms with E-state index in [0.717, 1.165) is 11.3 Å². The van der Waals surface area contributed by atoms with Gasteiger partial charge in [0.2, 0.25) is 0 Å². The summed E-state index contributed by atoms with van der Waals surface area (Å²) in [5.41, 5.74) is 8.03. The Kier molecular flexibility index (Phi) is 4.76. The second-order valence-electron chi connectivity index (χ2n) is 4.86. The quantitative estimate of drug-likeness (QED) is 0.644. The minimum atomic E-state index is -0.0474. The summed E-state index contributed by atoms with van der Waals surface area (Å²) in [5, 5.41) is 8.92. The molecule has 3 nitrogen and oxygen atoms in total. The number of nitrogens with one attached hydrogen (secondary N) is 1. The molecule has 21 heavy (non-hydrogen) atoms. The van der Waals surface area contributed by atoms with Crippen LogP contribution in [-0.4, -0.2) is 12.9 Å². The van der Waals surface area contributed by atoms with Crippen LogP contribution in [0, 0.1) is 5.41 Å². The second kappa shape index (κ2) is 6.37. The molecule has 0 aliphatic rings. The molecule has 2 aromatic carbocycles. The average Bonchev–Trinajstić information content (AvgIpc) is 2.45. The van der Waals surface area contributed by atoms with Crippen LogP contribution in [0.2, 0.25) is 10.0 Å². The van der Waals surface area contributed by atoms with Crippen molar-refractivity contribution < 1.29 is 0 Å². The Bertz CT molecular complexity index is 670. The average molecular weight is 322 g/mol. The van der Waals surface area contributed by atoms with E-state index in [2.05, 4.69) is 0 Å². The molecule has 0 aromatic heterocycles. The van der Waals surface area contributed by atoms with E-state index in [1.54, 1.807) is 6.07 Å². The lowest BCUT2D eigenvalue weighted by molar-refractivity contribution is 0.739. The number of hydrogen-bond acceptors (Lipinski definition) is 2. The third kappa shape index (κ3) is 3.14. The first-order valence-electron chi connectivity index (χ1n) is 6.53. The number of anilines is 1. The number of halogens is 2. The van der Waals surface area contributed by atoms with Gasteiger partial charge in [-0.25, -0.2) is 0 Å². The molecule has 0 saturated carbocycles. The van der Waals surface area contributed by atoms with Gasteiger partial charge in [0.05, 0.1) is 16.6 Å². The summed E-state index contributed by atoms with van der Waals surface area (Å²) in [6.45, 7) is 2.05. The fourth-order valence-electron chi connectivity index (χ4n) is 2.30. The summed E-state index contributed by atoms with van der Waals surface area (Å²) in [6, 6.07) is 13.2. The van der Waals surface area contributed by atoms with E-state index in [-0.39, 0.29) is 11.9 Å². The normalized spacial score (nSPS) is 12.0. The number of hydrogen-bond donors (Lipinski definition) is 2. The van der Waals surface area contributed by atoms with Crippen LogP contribution in [0.1, 0.15) is 24.1 Å². The standard InChI is InChI=1S/C16H17Cl2N3/c1-10(11-6-3-4-7-12(11)17)21(2)14-9-5-8-13(18)15(14)16(19)20/h3-10H,1-2H3,(H3,19,20). The summed E-state index contributed by atoms with van der Waals surface area (Å²) in [6.07, 6.45) is 0. The van der Waals surface area contributed by atoms with E-state index in [0.29, 0.717) is 15.6 Å². The van der Waals surface area contributed by atoms with Crippen molar-refractivity contribution in [2.45, 2.75) is 13.0 Å². The van der Waals surface area contributed by atoms with Crippen molar-refractivity contribution >= 4 is 34.7 Å². The molecule has 110 valence electrons. The summed E-state index contributed by atoms with van der Waals surface area (Å²) in [7, 11) is 1.94. The van der Waals surface area contributed by atoms with Gasteiger partial charge in [-0.1, -0.05) is 47.5 Å². The van der Waals surface area contributed by atoms with Crippen molar-refractivity contribution in [2.24, 2.45) is 5.73 Å². The summed E-state index contributed by atoms with van der Waals surface area (Å²) >= 11 is 12.4. The highest BCUT2D eigenvalue weighted by Crippen LogP contribution is 2.33. The third-order valence-electron chi connectivity index (χ3n) is 3.58. The van der Waals surface area contributed by atoms with Crippen LogP contribution in [0.5, 0.6) is 0 Å². The van der Waals surface area contributed by atoms with Crippen LogP contribution in [0.25, 0.3) is 0 Å². The van der Waals surface area contributed by atoms with Crippen LogP contribution in [0.4, 0.5) is 5.69 Å². The Morgan fingerprint density at radius 3 is 2.33 bits per heavy atom. The Hall–Kier alpha value is -1.71. The van der Waals surface area contributed by atoms with Crippen LogP contribution >= 0.6 is 23.2 Å². The zero-order chi connectivity index (χ0) is 15.6. The van der Waals surface area contributed by atoms with Crippen molar-refractivity contribution in [3.63, 3.8) is 0 Å². The monoisotopic (exact) mass is 321 g/mol. The number of benzene rings is 2. The molecule has 0 aliphatic heterocycles. The summed E-state index contributed by atoms with van der Waals surface area (Å²) in [5.74, 6) is -0.0474. The molecular weight excluding hydrogens is 305 g/mol. The Morgan fingerprint density at radius 1 is 1.10 bits per heavy atom. The maximum Gasteiger partial charge on any atom is 0.126 e. The maximum atomic E-state index is 7.74. The van der Waals surface area contributed by atoms with E-state index in [9.17, 15) is 0 Å². The SMILES string of the molecule is CC(c1ccccc1Cl)N(C)c1cccc(Cl)c1C(=N)N. The lowest BCUT2D eigenvalue weighted by Crippen LogP contribution is -2.25. The maximum absolute atomic E-state index is 7.74. The Morgan fingerprint density at radius 2 is 1.71 bits per heavy atom. The number of amidine groups is 1. The lowest BCUT2D eigenvalue weighted by Gasteiger charge is -2.30. The number of nitrogens with zero attached hydrogens (tertiary/aromatic N) is 1. The molecule has 0 saturated heterocycles. The predicted octanol–water partition coefficient (Wildman–Crippen LogP) is 4.47. The van der Waals surface area contributed by atoms with Crippen molar-refractivity contribution in [3.05, 3.63) is 63.6 Å². The van der Waals surface area contributed by atoms with Gasteiger partial charge in [0, 0.05) is 17.8 Å². The number of nitrogen functional groups attached to an aromatic ring is 1. The molecular formula is C16H17Cl2N3. The van der Waals surface area contributed by atoms with Crippen molar-refractivity contribution in [1.29, 1.82) is 5.41 Å². The summed E-state index contributed by atoms with van der Waals surface area (Å²) < 4.78 is 0. The zero-order valence-corrected chi connectivity index (χ0v) is 13.4. The van der Waals surface area contributed by atoms with Crippen molar-refractivity contribution in [1.82, 2.24) is 0 Å². The first-order chi connectivity index (χ1) is 9.93. The smallest absolute Gasteiger partial charge is 0.126 e. The van der Waals surface area contributed by atoms with E-state index >= 15 is 0 Å². The highest BCUT2D eigenvalue weighted by atomic mass is 35.5. The predicted molar refractivity (Wildman–Crippen MR) is 90.7 cm³/mol. The molecule has 1 unspecified atom stereocenters. The van der Waals surface area contributed by atoms with Gasteiger partial charge in [0.25, 0.3) is 0 Å². The van der Waals surface area contributed by atoms with Gasteiger partial charge >= 0.3 is 0 Å². The largest absolute Gasteiger partial charge is 0.384 e. The topological polar surface area (TPSA) is 53.1 Å².